The number of nitro groups is 1. The lowest BCUT2D eigenvalue weighted by Crippen LogP contribution is -2.19. The van der Waals surface area contributed by atoms with Crippen LogP contribution in [-0.2, 0) is 0 Å². The molecular formula is C12H22N6O2. The third kappa shape index (κ3) is 4.96. The molecule has 1 unspecified atom stereocenters. The summed E-state index contributed by atoms with van der Waals surface area (Å²) in [6, 6.07) is 0.103. The summed E-state index contributed by atoms with van der Waals surface area (Å²) in [6.45, 7) is 4.14. The van der Waals surface area contributed by atoms with Crippen molar-refractivity contribution < 1.29 is 4.92 Å². The average molecular weight is 282 g/mol. The quantitative estimate of drug-likeness (QED) is 0.275. The number of rotatable bonds is 9. The second-order valence-electron chi connectivity index (χ2n) is 4.72. The van der Waals surface area contributed by atoms with Gasteiger partial charge in [-0.25, -0.2) is 10.8 Å². The topological polar surface area (TPSA) is 119 Å². The minimum absolute atomic E-state index is 0.103. The molecule has 0 amide bonds. The van der Waals surface area contributed by atoms with Crippen molar-refractivity contribution in [3.05, 3.63) is 16.3 Å². The molecule has 0 bridgehead atoms. The van der Waals surface area contributed by atoms with Gasteiger partial charge in [-0.3, -0.25) is 15.5 Å². The van der Waals surface area contributed by atoms with Crippen molar-refractivity contribution in [1.82, 2.24) is 9.97 Å². The molecule has 0 aliphatic heterocycles. The zero-order valence-corrected chi connectivity index (χ0v) is 11.9. The molecule has 0 fully saturated rings. The van der Waals surface area contributed by atoms with E-state index < -0.39 is 4.92 Å². The van der Waals surface area contributed by atoms with E-state index in [1.807, 2.05) is 6.92 Å². The van der Waals surface area contributed by atoms with E-state index >= 15 is 0 Å². The van der Waals surface area contributed by atoms with E-state index in [1.54, 1.807) is 0 Å². The Morgan fingerprint density at radius 2 is 2.20 bits per heavy atom. The van der Waals surface area contributed by atoms with Crippen LogP contribution in [-0.4, -0.2) is 20.9 Å². The average Bonchev–Trinajstić information content (AvgIpc) is 2.43. The van der Waals surface area contributed by atoms with Crippen LogP contribution >= 0.6 is 0 Å². The number of unbranched alkanes of at least 4 members (excludes halogenated alkanes) is 3. The van der Waals surface area contributed by atoms with Crippen LogP contribution in [0.3, 0.4) is 0 Å². The number of nitrogen functional groups attached to an aromatic ring is 1. The number of hydrogen-bond acceptors (Lipinski definition) is 7. The fourth-order valence-electron chi connectivity index (χ4n) is 1.87. The number of aromatic nitrogens is 2. The predicted octanol–water partition coefficient (Wildman–Crippen LogP) is 2.44. The van der Waals surface area contributed by atoms with Crippen LogP contribution in [0.2, 0.25) is 0 Å². The lowest BCUT2D eigenvalue weighted by atomic mass is 10.1. The van der Waals surface area contributed by atoms with E-state index in [0.717, 1.165) is 19.0 Å². The van der Waals surface area contributed by atoms with Crippen molar-refractivity contribution in [2.75, 3.05) is 10.7 Å². The number of nitrogens with zero attached hydrogens (tertiary/aromatic N) is 3. The Labute approximate surface area is 118 Å². The summed E-state index contributed by atoms with van der Waals surface area (Å²) in [7, 11) is 0. The summed E-state index contributed by atoms with van der Waals surface area (Å²) >= 11 is 0. The molecule has 1 aromatic heterocycles. The molecule has 20 heavy (non-hydrogen) atoms. The molecule has 112 valence electrons. The highest BCUT2D eigenvalue weighted by molar-refractivity contribution is 5.57. The summed E-state index contributed by atoms with van der Waals surface area (Å²) in [5.74, 6) is 5.56. The molecule has 0 aliphatic rings. The van der Waals surface area contributed by atoms with Gasteiger partial charge in [0.2, 0.25) is 11.8 Å². The standard InChI is InChI=1S/C12H22N6O2/c1-3-4-5-6-7-9(2)15-11-10(18(19)20)8-14-12(16-11)17-13/h8-9H,3-7,13H2,1-2H3,(H2,14,15,16,17). The van der Waals surface area contributed by atoms with Gasteiger partial charge in [0.25, 0.3) is 0 Å². The van der Waals surface area contributed by atoms with Crippen molar-refractivity contribution in [3.63, 3.8) is 0 Å². The molecule has 0 aromatic carbocycles. The van der Waals surface area contributed by atoms with Gasteiger partial charge >= 0.3 is 5.69 Å². The first-order chi connectivity index (χ1) is 9.58. The van der Waals surface area contributed by atoms with Gasteiger partial charge in [-0.1, -0.05) is 32.6 Å². The third-order valence-electron chi connectivity index (χ3n) is 2.97. The van der Waals surface area contributed by atoms with Crippen LogP contribution in [0.25, 0.3) is 0 Å². The lowest BCUT2D eigenvalue weighted by molar-refractivity contribution is -0.384. The maximum atomic E-state index is 10.9. The Morgan fingerprint density at radius 3 is 2.80 bits per heavy atom. The highest BCUT2D eigenvalue weighted by Gasteiger charge is 2.18. The first-order valence-corrected chi connectivity index (χ1v) is 6.83. The zero-order chi connectivity index (χ0) is 15.0. The van der Waals surface area contributed by atoms with Crippen LogP contribution in [0.15, 0.2) is 6.20 Å². The van der Waals surface area contributed by atoms with E-state index in [4.69, 9.17) is 5.84 Å². The van der Waals surface area contributed by atoms with Crippen LogP contribution in [0, 0.1) is 10.1 Å². The number of hydrazine groups is 1. The summed E-state index contributed by atoms with van der Waals surface area (Å²) in [4.78, 5) is 18.2. The molecule has 0 spiro atoms. The van der Waals surface area contributed by atoms with Crippen molar-refractivity contribution in [2.45, 2.75) is 52.0 Å². The number of anilines is 2. The minimum Gasteiger partial charge on any atom is -0.362 e. The van der Waals surface area contributed by atoms with E-state index in [2.05, 4.69) is 27.6 Å². The van der Waals surface area contributed by atoms with E-state index in [9.17, 15) is 10.1 Å². The largest absolute Gasteiger partial charge is 0.362 e. The molecule has 4 N–H and O–H groups in total. The predicted molar refractivity (Wildman–Crippen MR) is 78.3 cm³/mol. The summed E-state index contributed by atoms with van der Waals surface area (Å²) in [5, 5.41) is 14.0. The molecule has 0 saturated carbocycles. The number of nitrogens with two attached hydrogens (primary N) is 1. The second-order valence-corrected chi connectivity index (χ2v) is 4.72. The Morgan fingerprint density at radius 1 is 1.45 bits per heavy atom. The maximum Gasteiger partial charge on any atom is 0.329 e. The van der Waals surface area contributed by atoms with Crippen LogP contribution in [0.1, 0.15) is 46.0 Å². The molecule has 0 aliphatic carbocycles. The molecule has 0 saturated heterocycles. The zero-order valence-electron chi connectivity index (χ0n) is 11.9. The van der Waals surface area contributed by atoms with Gasteiger partial charge in [-0.15, -0.1) is 0 Å². The van der Waals surface area contributed by atoms with Gasteiger partial charge in [0.05, 0.1) is 4.92 Å². The van der Waals surface area contributed by atoms with Gasteiger partial charge in [0.1, 0.15) is 6.20 Å². The normalized spacial score (nSPS) is 11.9. The molecule has 1 aromatic rings. The molecular weight excluding hydrogens is 260 g/mol. The second kappa shape index (κ2) is 8.26. The summed E-state index contributed by atoms with van der Waals surface area (Å²) < 4.78 is 0. The van der Waals surface area contributed by atoms with Crippen molar-refractivity contribution in [2.24, 2.45) is 5.84 Å². The van der Waals surface area contributed by atoms with Crippen molar-refractivity contribution in [3.8, 4) is 0 Å². The molecule has 8 nitrogen and oxygen atoms in total. The monoisotopic (exact) mass is 282 g/mol. The van der Waals surface area contributed by atoms with Gasteiger partial charge in [-0.2, -0.15) is 4.98 Å². The number of hydrogen-bond donors (Lipinski definition) is 3. The van der Waals surface area contributed by atoms with Gasteiger partial charge in [0, 0.05) is 6.04 Å². The first kappa shape index (κ1) is 16.1. The Kier molecular flexibility index (Phi) is 6.65. The van der Waals surface area contributed by atoms with Crippen molar-refractivity contribution in [1.29, 1.82) is 0 Å². The van der Waals surface area contributed by atoms with Gasteiger partial charge in [0.15, 0.2) is 0 Å². The van der Waals surface area contributed by atoms with E-state index in [0.29, 0.717) is 0 Å². The van der Waals surface area contributed by atoms with Crippen LogP contribution in [0.5, 0.6) is 0 Å². The fourth-order valence-corrected chi connectivity index (χ4v) is 1.87. The molecule has 1 rings (SSSR count). The lowest BCUT2D eigenvalue weighted by Gasteiger charge is -2.14. The van der Waals surface area contributed by atoms with Gasteiger partial charge < -0.3 is 5.32 Å². The Bertz CT molecular complexity index is 440. The Hall–Kier alpha value is -1.96. The van der Waals surface area contributed by atoms with Crippen LogP contribution in [0.4, 0.5) is 17.5 Å². The van der Waals surface area contributed by atoms with Crippen LogP contribution < -0.4 is 16.6 Å². The smallest absolute Gasteiger partial charge is 0.329 e. The highest BCUT2D eigenvalue weighted by atomic mass is 16.6. The fraction of sp³-hybridized carbons (Fsp3) is 0.667. The molecule has 8 heteroatoms. The third-order valence-corrected chi connectivity index (χ3v) is 2.97. The van der Waals surface area contributed by atoms with E-state index in [1.165, 1.54) is 19.3 Å². The SMILES string of the molecule is CCCCCCC(C)Nc1nc(NN)ncc1[N+](=O)[O-]. The van der Waals surface area contributed by atoms with Gasteiger partial charge in [-0.05, 0) is 13.3 Å². The molecule has 1 heterocycles. The number of nitrogens with one attached hydrogen (secondary N) is 2. The molecule has 0 radical (unpaired) electrons. The summed E-state index contributed by atoms with van der Waals surface area (Å²) in [6.07, 6.45) is 6.74. The first-order valence-electron chi connectivity index (χ1n) is 6.83. The highest BCUT2D eigenvalue weighted by Crippen LogP contribution is 2.23. The van der Waals surface area contributed by atoms with Crippen molar-refractivity contribution >= 4 is 17.5 Å². The minimum atomic E-state index is -0.508. The molecule has 1 atom stereocenters. The Balaban J connectivity index is 2.66. The maximum absolute atomic E-state index is 10.9. The summed E-state index contributed by atoms with van der Waals surface area (Å²) in [5.41, 5.74) is 2.13. The van der Waals surface area contributed by atoms with E-state index in [-0.39, 0.29) is 23.5 Å².